The molecule has 4 N–H and O–H groups in total. The third-order valence-corrected chi connectivity index (χ3v) is 3.29. The summed E-state index contributed by atoms with van der Waals surface area (Å²) in [6.45, 7) is 0. The molecule has 0 aliphatic heterocycles. The minimum absolute atomic E-state index is 0.245. The van der Waals surface area contributed by atoms with E-state index >= 15 is 0 Å². The number of halogens is 1. The molecular formula is C14H11BrN2O2S. The van der Waals surface area contributed by atoms with E-state index in [4.69, 9.17) is 28.4 Å². The number of thiocarbonyl (C=S) groups is 1. The lowest BCUT2D eigenvalue weighted by Crippen LogP contribution is -2.11. The molecule has 0 spiro atoms. The highest BCUT2D eigenvalue weighted by Crippen LogP contribution is 2.28. The van der Waals surface area contributed by atoms with Gasteiger partial charge in [0, 0.05) is 10.0 Å². The summed E-state index contributed by atoms with van der Waals surface area (Å²) in [6.07, 6.45) is 0. The van der Waals surface area contributed by atoms with E-state index in [0.29, 0.717) is 22.6 Å². The van der Waals surface area contributed by atoms with Gasteiger partial charge >= 0.3 is 0 Å². The smallest absolute Gasteiger partial charge is 0.248 e. The molecule has 2 aromatic carbocycles. The number of carbonyl (C=O) groups is 1. The van der Waals surface area contributed by atoms with Crippen LogP contribution in [0.2, 0.25) is 0 Å². The minimum atomic E-state index is -0.482. The van der Waals surface area contributed by atoms with E-state index in [1.165, 1.54) is 0 Å². The molecule has 0 unspecified atom stereocenters. The van der Waals surface area contributed by atoms with E-state index in [0.717, 1.165) is 4.47 Å². The summed E-state index contributed by atoms with van der Waals surface area (Å²) in [4.78, 5) is 11.2. The molecule has 0 fully saturated rings. The van der Waals surface area contributed by atoms with Crippen molar-refractivity contribution in [3.05, 3.63) is 58.1 Å². The standard InChI is InChI=1S/C14H11BrN2O2S/c15-9-3-6-12(11(7-9)14(17)20)19-10-4-1-8(2-5-10)13(16)18/h1-7H,(H2,16,18)(H2,17,20). The Labute approximate surface area is 129 Å². The summed E-state index contributed by atoms with van der Waals surface area (Å²) in [6, 6.07) is 11.9. The van der Waals surface area contributed by atoms with E-state index in [2.05, 4.69) is 15.9 Å². The maximum absolute atomic E-state index is 11.0. The zero-order valence-corrected chi connectivity index (χ0v) is 12.7. The first-order chi connectivity index (χ1) is 9.47. The molecule has 2 rings (SSSR count). The van der Waals surface area contributed by atoms with Crippen LogP contribution in [0.15, 0.2) is 46.9 Å². The van der Waals surface area contributed by atoms with Gasteiger partial charge in [-0.3, -0.25) is 4.79 Å². The van der Waals surface area contributed by atoms with Gasteiger partial charge in [-0.25, -0.2) is 0 Å². The number of nitrogens with two attached hydrogens (primary N) is 2. The first kappa shape index (κ1) is 14.5. The molecule has 102 valence electrons. The van der Waals surface area contributed by atoms with Crippen molar-refractivity contribution in [3.8, 4) is 11.5 Å². The quantitative estimate of drug-likeness (QED) is 0.830. The van der Waals surface area contributed by atoms with Gasteiger partial charge in [0.1, 0.15) is 16.5 Å². The number of hydrogen-bond donors (Lipinski definition) is 2. The summed E-state index contributed by atoms with van der Waals surface area (Å²) in [5.41, 5.74) is 11.9. The zero-order chi connectivity index (χ0) is 14.7. The Morgan fingerprint density at radius 1 is 1.10 bits per heavy atom. The van der Waals surface area contributed by atoms with Gasteiger partial charge in [0.25, 0.3) is 0 Å². The van der Waals surface area contributed by atoms with Crippen molar-refractivity contribution in [2.75, 3.05) is 0 Å². The molecule has 2 aromatic rings. The maximum Gasteiger partial charge on any atom is 0.248 e. The zero-order valence-electron chi connectivity index (χ0n) is 10.3. The van der Waals surface area contributed by atoms with E-state index in [9.17, 15) is 4.79 Å². The average Bonchev–Trinajstić information content (AvgIpc) is 2.41. The Kier molecular flexibility index (Phi) is 4.36. The van der Waals surface area contributed by atoms with Crippen molar-refractivity contribution in [3.63, 3.8) is 0 Å². The van der Waals surface area contributed by atoms with E-state index in [-0.39, 0.29) is 4.99 Å². The molecule has 4 nitrogen and oxygen atoms in total. The highest BCUT2D eigenvalue weighted by molar-refractivity contribution is 9.10. The van der Waals surface area contributed by atoms with Crippen LogP contribution in [-0.2, 0) is 0 Å². The number of primary amides is 1. The second kappa shape index (κ2) is 6.02. The topological polar surface area (TPSA) is 78.3 Å². The van der Waals surface area contributed by atoms with Crippen molar-refractivity contribution in [2.45, 2.75) is 0 Å². The highest BCUT2D eigenvalue weighted by Gasteiger charge is 2.09. The number of benzene rings is 2. The third kappa shape index (κ3) is 3.34. The average molecular weight is 351 g/mol. The van der Waals surface area contributed by atoms with Gasteiger partial charge in [-0.05, 0) is 42.5 Å². The van der Waals surface area contributed by atoms with Crippen molar-refractivity contribution in [1.29, 1.82) is 0 Å². The number of carbonyl (C=O) groups excluding carboxylic acids is 1. The largest absolute Gasteiger partial charge is 0.457 e. The number of hydrogen-bond acceptors (Lipinski definition) is 3. The molecule has 0 atom stereocenters. The normalized spacial score (nSPS) is 10.1. The summed E-state index contributed by atoms with van der Waals surface area (Å²) in [7, 11) is 0. The van der Waals surface area contributed by atoms with Crippen LogP contribution in [0.3, 0.4) is 0 Å². The van der Waals surface area contributed by atoms with Crippen molar-refractivity contribution in [1.82, 2.24) is 0 Å². The fraction of sp³-hybridized carbons (Fsp3) is 0. The Hall–Kier alpha value is -1.92. The first-order valence-corrected chi connectivity index (χ1v) is 6.84. The summed E-state index contributed by atoms with van der Waals surface area (Å²) in [5.74, 6) is 0.631. The molecule has 0 aromatic heterocycles. The third-order valence-electron chi connectivity index (χ3n) is 2.57. The van der Waals surface area contributed by atoms with Crippen LogP contribution >= 0.6 is 28.1 Å². The van der Waals surface area contributed by atoms with Crippen LogP contribution in [0.4, 0.5) is 0 Å². The Morgan fingerprint density at radius 3 is 2.30 bits per heavy atom. The minimum Gasteiger partial charge on any atom is -0.457 e. The van der Waals surface area contributed by atoms with Gasteiger partial charge in [-0.15, -0.1) is 0 Å². The second-order valence-corrected chi connectivity index (χ2v) is 5.35. The Morgan fingerprint density at radius 2 is 1.75 bits per heavy atom. The lowest BCUT2D eigenvalue weighted by molar-refractivity contribution is 0.100. The summed E-state index contributed by atoms with van der Waals surface area (Å²) >= 11 is 8.35. The Balaban J connectivity index is 2.30. The van der Waals surface area contributed by atoms with Gasteiger partial charge in [0.2, 0.25) is 5.91 Å². The van der Waals surface area contributed by atoms with Gasteiger partial charge < -0.3 is 16.2 Å². The molecule has 6 heteroatoms. The fourth-order valence-electron chi connectivity index (χ4n) is 1.60. The molecule has 0 radical (unpaired) electrons. The van der Waals surface area contributed by atoms with Crippen molar-refractivity contribution >= 4 is 39.0 Å². The molecular weight excluding hydrogens is 340 g/mol. The predicted octanol–water partition coefficient (Wildman–Crippen LogP) is 2.97. The van der Waals surface area contributed by atoms with Gasteiger partial charge in [0.05, 0.1) is 5.56 Å². The molecule has 0 saturated heterocycles. The van der Waals surface area contributed by atoms with Gasteiger partial charge in [-0.2, -0.15) is 0 Å². The highest BCUT2D eigenvalue weighted by atomic mass is 79.9. The molecule has 0 heterocycles. The van der Waals surface area contributed by atoms with Crippen molar-refractivity contribution in [2.24, 2.45) is 11.5 Å². The SMILES string of the molecule is NC(=O)c1ccc(Oc2ccc(Br)cc2C(N)=S)cc1. The molecule has 0 aliphatic carbocycles. The van der Waals surface area contributed by atoms with E-state index < -0.39 is 5.91 Å². The van der Waals surface area contributed by atoms with Crippen LogP contribution in [-0.4, -0.2) is 10.9 Å². The molecule has 0 bridgehead atoms. The molecule has 0 aliphatic rings. The van der Waals surface area contributed by atoms with Gasteiger partial charge in [-0.1, -0.05) is 28.1 Å². The van der Waals surface area contributed by atoms with Crippen molar-refractivity contribution < 1.29 is 9.53 Å². The second-order valence-electron chi connectivity index (χ2n) is 4.00. The van der Waals surface area contributed by atoms with Crippen LogP contribution in [0.5, 0.6) is 11.5 Å². The molecule has 1 amide bonds. The van der Waals surface area contributed by atoms with Crippen LogP contribution in [0.25, 0.3) is 0 Å². The monoisotopic (exact) mass is 350 g/mol. The maximum atomic E-state index is 11.0. The molecule has 20 heavy (non-hydrogen) atoms. The fourth-order valence-corrected chi connectivity index (χ4v) is 2.12. The lowest BCUT2D eigenvalue weighted by atomic mass is 10.2. The number of ether oxygens (including phenoxy) is 1. The number of rotatable bonds is 4. The Bertz CT molecular complexity index is 671. The van der Waals surface area contributed by atoms with E-state index in [1.54, 1.807) is 36.4 Å². The predicted molar refractivity (Wildman–Crippen MR) is 85.1 cm³/mol. The van der Waals surface area contributed by atoms with E-state index in [1.807, 2.05) is 6.07 Å². The van der Waals surface area contributed by atoms with Crippen LogP contribution in [0.1, 0.15) is 15.9 Å². The summed E-state index contributed by atoms with van der Waals surface area (Å²) < 4.78 is 6.58. The molecule has 0 saturated carbocycles. The van der Waals surface area contributed by atoms with Crippen LogP contribution in [0, 0.1) is 0 Å². The number of amides is 1. The van der Waals surface area contributed by atoms with Gasteiger partial charge in [0.15, 0.2) is 0 Å². The lowest BCUT2D eigenvalue weighted by Gasteiger charge is -2.11. The van der Waals surface area contributed by atoms with Crippen LogP contribution < -0.4 is 16.2 Å². The first-order valence-electron chi connectivity index (χ1n) is 5.64. The summed E-state index contributed by atoms with van der Waals surface area (Å²) in [5, 5.41) is 0.